The number of imidazole rings is 1. The quantitative estimate of drug-likeness (QED) is 0.766. The predicted octanol–water partition coefficient (Wildman–Crippen LogP) is 2.37. The van der Waals surface area contributed by atoms with E-state index >= 15 is 0 Å². The lowest BCUT2D eigenvalue weighted by Gasteiger charge is -2.29. The Labute approximate surface area is 144 Å². The van der Waals surface area contributed by atoms with E-state index in [0.717, 1.165) is 51.1 Å². The summed E-state index contributed by atoms with van der Waals surface area (Å²) in [5.41, 5.74) is 2.44. The Balaban J connectivity index is 1.39. The van der Waals surface area contributed by atoms with Gasteiger partial charge in [-0.3, -0.25) is 0 Å². The van der Waals surface area contributed by atoms with Crippen LogP contribution in [0.25, 0.3) is 5.69 Å². The van der Waals surface area contributed by atoms with Crippen LogP contribution in [0.1, 0.15) is 37.8 Å². The molecular weight excluding hydrogens is 300 g/mol. The van der Waals surface area contributed by atoms with Crippen molar-refractivity contribution < 1.29 is 5.11 Å². The summed E-state index contributed by atoms with van der Waals surface area (Å²) in [4.78, 5) is 6.54. The highest BCUT2D eigenvalue weighted by molar-refractivity contribution is 5.35. The molecule has 24 heavy (non-hydrogen) atoms. The zero-order chi connectivity index (χ0) is 16.8. The molecule has 1 aromatic carbocycles. The van der Waals surface area contributed by atoms with Gasteiger partial charge in [0, 0.05) is 37.2 Å². The first-order chi connectivity index (χ1) is 11.7. The number of nitrogens with one attached hydrogen (secondary N) is 1. The summed E-state index contributed by atoms with van der Waals surface area (Å²) in [7, 11) is 0. The summed E-state index contributed by atoms with van der Waals surface area (Å²) < 4.78 is 2.01. The second kappa shape index (κ2) is 8.42. The fourth-order valence-corrected chi connectivity index (χ4v) is 3.23. The van der Waals surface area contributed by atoms with Crippen LogP contribution >= 0.6 is 0 Å². The van der Waals surface area contributed by atoms with Crippen LogP contribution in [0.5, 0.6) is 0 Å². The summed E-state index contributed by atoms with van der Waals surface area (Å²) in [6.45, 7) is 6.41. The van der Waals surface area contributed by atoms with Crippen molar-refractivity contribution in [2.45, 2.75) is 38.3 Å². The predicted molar refractivity (Wildman–Crippen MR) is 96.3 cm³/mol. The largest absolute Gasteiger partial charge is 0.393 e. The average Bonchev–Trinajstić information content (AvgIpc) is 3.15. The van der Waals surface area contributed by atoms with Gasteiger partial charge in [0.1, 0.15) is 0 Å². The van der Waals surface area contributed by atoms with Gasteiger partial charge in [-0.15, -0.1) is 0 Å². The fraction of sp³-hybridized carbons (Fsp3) is 0.526. The Kier molecular flexibility index (Phi) is 6.01. The van der Waals surface area contributed by atoms with Gasteiger partial charge in [0.25, 0.3) is 0 Å². The number of rotatable bonds is 7. The molecule has 2 aromatic rings. The number of piperidine rings is 1. The van der Waals surface area contributed by atoms with Crippen LogP contribution < -0.4 is 5.32 Å². The Morgan fingerprint density at radius 2 is 2.00 bits per heavy atom. The molecule has 130 valence electrons. The third-order valence-electron chi connectivity index (χ3n) is 4.85. The standard InChI is InChI=1S/C19H28N4O/c1-16(21-9-2-11-22-12-7-19(24)8-13-22)17-3-5-18(6-4-17)23-14-10-20-15-23/h3-6,10,14-16,19,21,24H,2,7-9,11-13H2,1H3. The molecule has 1 saturated heterocycles. The van der Waals surface area contributed by atoms with Crippen molar-refractivity contribution in [1.82, 2.24) is 19.8 Å². The van der Waals surface area contributed by atoms with Crippen molar-refractivity contribution in [3.8, 4) is 5.69 Å². The number of hydrogen-bond donors (Lipinski definition) is 2. The van der Waals surface area contributed by atoms with Gasteiger partial charge < -0.3 is 19.9 Å². The number of aliphatic hydroxyl groups excluding tert-OH is 1. The molecule has 0 amide bonds. The zero-order valence-corrected chi connectivity index (χ0v) is 14.4. The summed E-state index contributed by atoms with van der Waals surface area (Å²) in [6.07, 6.45) is 8.48. The van der Waals surface area contributed by atoms with Gasteiger partial charge in [0.05, 0.1) is 12.4 Å². The molecule has 1 aliphatic rings. The zero-order valence-electron chi connectivity index (χ0n) is 14.4. The van der Waals surface area contributed by atoms with Crippen LogP contribution in [0.15, 0.2) is 43.0 Å². The Bertz CT molecular complexity index is 588. The maximum absolute atomic E-state index is 9.53. The summed E-state index contributed by atoms with van der Waals surface area (Å²) in [6, 6.07) is 8.98. The second-order valence-electron chi connectivity index (χ2n) is 6.66. The lowest BCUT2D eigenvalue weighted by atomic mass is 10.1. The lowest BCUT2D eigenvalue weighted by Crippen LogP contribution is -2.37. The molecule has 1 aliphatic heterocycles. The van der Waals surface area contributed by atoms with Crippen LogP contribution in [0.2, 0.25) is 0 Å². The Morgan fingerprint density at radius 3 is 2.67 bits per heavy atom. The van der Waals surface area contributed by atoms with Gasteiger partial charge >= 0.3 is 0 Å². The first kappa shape index (κ1) is 17.1. The van der Waals surface area contributed by atoms with Gasteiger partial charge in [-0.1, -0.05) is 12.1 Å². The van der Waals surface area contributed by atoms with Crippen molar-refractivity contribution in [2.24, 2.45) is 0 Å². The number of aromatic nitrogens is 2. The maximum atomic E-state index is 9.53. The molecule has 3 rings (SSSR count). The maximum Gasteiger partial charge on any atom is 0.0991 e. The van der Waals surface area contributed by atoms with E-state index in [9.17, 15) is 5.11 Å². The van der Waals surface area contributed by atoms with E-state index in [0.29, 0.717) is 6.04 Å². The molecule has 0 radical (unpaired) electrons. The van der Waals surface area contributed by atoms with Crippen molar-refractivity contribution in [1.29, 1.82) is 0 Å². The molecule has 0 aliphatic carbocycles. The highest BCUT2D eigenvalue weighted by atomic mass is 16.3. The average molecular weight is 328 g/mol. The molecular formula is C19H28N4O. The summed E-state index contributed by atoms with van der Waals surface area (Å²) >= 11 is 0. The first-order valence-corrected chi connectivity index (χ1v) is 8.94. The van der Waals surface area contributed by atoms with Crippen molar-refractivity contribution in [3.05, 3.63) is 48.5 Å². The van der Waals surface area contributed by atoms with E-state index in [1.54, 1.807) is 6.20 Å². The highest BCUT2D eigenvalue weighted by Crippen LogP contribution is 2.16. The molecule has 0 spiro atoms. The van der Waals surface area contributed by atoms with Crippen molar-refractivity contribution >= 4 is 0 Å². The number of benzene rings is 1. The lowest BCUT2D eigenvalue weighted by molar-refractivity contribution is 0.0820. The topological polar surface area (TPSA) is 53.3 Å². The smallest absolute Gasteiger partial charge is 0.0991 e. The Hall–Kier alpha value is -1.69. The molecule has 5 nitrogen and oxygen atoms in total. The molecule has 2 N–H and O–H groups in total. The van der Waals surface area contributed by atoms with Crippen LogP contribution in [0, 0.1) is 0 Å². The molecule has 5 heteroatoms. The third-order valence-corrected chi connectivity index (χ3v) is 4.85. The number of hydrogen-bond acceptors (Lipinski definition) is 4. The molecule has 1 atom stereocenters. The number of aliphatic hydroxyl groups is 1. The van der Waals surface area contributed by atoms with Crippen LogP contribution in [0.4, 0.5) is 0 Å². The number of nitrogens with zero attached hydrogens (tertiary/aromatic N) is 3. The molecule has 1 fully saturated rings. The first-order valence-electron chi connectivity index (χ1n) is 8.94. The van der Waals surface area contributed by atoms with Gasteiger partial charge in [-0.25, -0.2) is 4.98 Å². The third kappa shape index (κ3) is 4.66. The minimum absolute atomic E-state index is 0.0790. The summed E-state index contributed by atoms with van der Waals surface area (Å²) in [5.74, 6) is 0. The van der Waals surface area contributed by atoms with E-state index in [1.807, 2.05) is 17.1 Å². The van der Waals surface area contributed by atoms with Gasteiger partial charge in [0.2, 0.25) is 0 Å². The summed E-state index contributed by atoms with van der Waals surface area (Å²) in [5, 5.41) is 13.1. The second-order valence-corrected chi connectivity index (χ2v) is 6.66. The van der Waals surface area contributed by atoms with E-state index in [1.165, 1.54) is 5.56 Å². The van der Waals surface area contributed by atoms with Crippen LogP contribution in [-0.2, 0) is 0 Å². The van der Waals surface area contributed by atoms with E-state index < -0.39 is 0 Å². The van der Waals surface area contributed by atoms with Crippen molar-refractivity contribution in [3.63, 3.8) is 0 Å². The monoisotopic (exact) mass is 328 g/mol. The minimum Gasteiger partial charge on any atom is -0.393 e. The SMILES string of the molecule is CC(NCCCN1CCC(O)CC1)c1ccc(-n2ccnc2)cc1. The minimum atomic E-state index is -0.0790. The van der Waals surface area contributed by atoms with Crippen molar-refractivity contribution in [2.75, 3.05) is 26.2 Å². The molecule has 0 bridgehead atoms. The molecule has 2 heterocycles. The van der Waals surface area contributed by atoms with Gasteiger partial charge in [-0.2, -0.15) is 0 Å². The number of likely N-dealkylation sites (tertiary alicyclic amines) is 1. The van der Waals surface area contributed by atoms with E-state index in [-0.39, 0.29) is 6.10 Å². The molecule has 1 unspecified atom stereocenters. The van der Waals surface area contributed by atoms with Crippen LogP contribution in [0.3, 0.4) is 0 Å². The fourth-order valence-electron chi connectivity index (χ4n) is 3.23. The van der Waals surface area contributed by atoms with E-state index in [4.69, 9.17) is 0 Å². The Morgan fingerprint density at radius 1 is 1.25 bits per heavy atom. The molecule has 0 saturated carbocycles. The van der Waals surface area contributed by atoms with Crippen LogP contribution in [-0.4, -0.2) is 51.8 Å². The normalized spacial score (nSPS) is 17.9. The van der Waals surface area contributed by atoms with Gasteiger partial charge in [-0.05, 0) is 57.0 Å². The molecule has 1 aromatic heterocycles. The van der Waals surface area contributed by atoms with Gasteiger partial charge in [0.15, 0.2) is 0 Å². The highest BCUT2D eigenvalue weighted by Gasteiger charge is 2.16. The van der Waals surface area contributed by atoms with E-state index in [2.05, 4.69) is 46.4 Å².